The van der Waals surface area contributed by atoms with Crippen LogP contribution in [0.3, 0.4) is 0 Å². The zero-order valence-corrected chi connectivity index (χ0v) is 14.1. The second kappa shape index (κ2) is 7.36. The van der Waals surface area contributed by atoms with E-state index in [0.717, 1.165) is 5.56 Å². The van der Waals surface area contributed by atoms with Gasteiger partial charge in [0.2, 0.25) is 5.91 Å². The lowest BCUT2D eigenvalue weighted by molar-refractivity contribution is -0.384. The van der Waals surface area contributed by atoms with Gasteiger partial charge in [-0.25, -0.2) is 0 Å². The summed E-state index contributed by atoms with van der Waals surface area (Å²) in [6, 6.07) is 10.3. The number of anilines is 1. The molecule has 3 aromatic rings. The van der Waals surface area contributed by atoms with E-state index in [4.69, 9.17) is 0 Å². The number of hydrogen-bond donors (Lipinski definition) is 1. The molecule has 3 rings (SSSR count). The molecule has 0 aliphatic carbocycles. The van der Waals surface area contributed by atoms with Crippen LogP contribution in [0, 0.1) is 10.1 Å². The van der Waals surface area contributed by atoms with Crippen LogP contribution in [-0.2, 0) is 11.3 Å². The Morgan fingerprint density at radius 3 is 2.59 bits per heavy atom. The molecule has 0 bridgehead atoms. The first kappa shape index (κ1) is 18.2. The number of nitro benzene ring substituents is 1. The Morgan fingerprint density at radius 2 is 2.00 bits per heavy atom. The second-order valence-electron chi connectivity index (χ2n) is 5.67. The van der Waals surface area contributed by atoms with E-state index in [1.54, 1.807) is 22.9 Å². The standard InChI is InChI=1S/C17H14F2N4O4/c1-10(24)20-16-14-8-12(23(25)26)4-7-15(14)22(21-16)9-11-2-5-13(6-3-11)27-17(18)19/h2-8,17H,9H2,1H3,(H,20,21,24). The first-order valence-electron chi connectivity index (χ1n) is 7.80. The molecule has 1 heterocycles. The number of non-ortho nitro benzene ring substituents is 1. The molecule has 0 fully saturated rings. The highest BCUT2D eigenvalue weighted by Gasteiger charge is 2.16. The SMILES string of the molecule is CC(=O)Nc1nn(Cc2ccc(OC(F)F)cc2)c2ccc([N+](=O)[O-])cc12. The lowest BCUT2D eigenvalue weighted by Crippen LogP contribution is -2.08. The van der Waals surface area contributed by atoms with Gasteiger partial charge in [-0.3, -0.25) is 19.6 Å². The highest BCUT2D eigenvalue weighted by atomic mass is 19.3. The van der Waals surface area contributed by atoms with E-state index in [0.29, 0.717) is 10.9 Å². The van der Waals surface area contributed by atoms with Crippen LogP contribution >= 0.6 is 0 Å². The van der Waals surface area contributed by atoms with Crippen LogP contribution in [0.5, 0.6) is 5.75 Å². The third kappa shape index (κ3) is 4.17. The van der Waals surface area contributed by atoms with E-state index in [1.807, 2.05) is 0 Å². The summed E-state index contributed by atoms with van der Waals surface area (Å²) in [6.07, 6.45) is 0. The number of amides is 1. The van der Waals surface area contributed by atoms with Gasteiger partial charge >= 0.3 is 6.61 Å². The Hall–Kier alpha value is -3.56. The lowest BCUT2D eigenvalue weighted by Gasteiger charge is -2.07. The molecule has 0 aliphatic rings. The molecule has 0 radical (unpaired) electrons. The number of hydrogen-bond acceptors (Lipinski definition) is 5. The van der Waals surface area contributed by atoms with Crippen molar-refractivity contribution in [1.82, 2.24) is 9.78 Å². The monoisotopic (exact) mass is 376 g/mol. The molecule has 2 aromatic carbocycles. The number of carbonyl (C=O) groups is 1. The zero-order chi connectivity index (χ0) is 19.6. The molecular formula is C17H14F2N4O4. The number of nitrogens with one attached hydrogen (secondary N) is 1. The highest BCUT2D eigenvalue weighted by Crippen LogP contribution is 2.28. The maximum Gasteiger partial charge on any atom is 0.387 e. The van der Waals surface area contributed by atoms with Crippen molar-refractivity contribution in [2.75, 3.05) is 5.32 Å². The van der Waals surface area contributed by atoms with Crippen LogP contribution in [0.25, 0.3) is 10.9 Å². The van der Waals surface area contributed by atoms with Gasteiger partial charge < -0.3 is 10.1 Å². The fourth-order valence-corrected chi connectivity index (χ4v) is 2.61. The number of nitro groups is 1. The van der Waals surface area contributed by atoms with Crippen molar-refractivity contribution in [2.45, 2.75) is 20.1 Å². The number of benzene rings is 2. The number of halogens is 2. The molecule has 10 heteroatoms. The Morgan fingerprint density at radius 1 is 1.30 bits per heavy atom. The quantitative estimate of drug-likeness (QED) is 0.524. The average molecular weight is 376 g/mol. The molecular weight excluding hydrogens is 362 g/mol. The Labute approximate surface area is 151 Å². The molecule has 1 N–H and O–H groups in total. The Bertz CT molecular complexity index is 1000. The van der Waals surface area contributed by atoms with E-state index in [1.165, 1.54) is 31.2 Å². The first-order valence-corrected chi connectivity index (χ1v) is 7.80. The molecule has 0 unspecified atom stereocenters. The van der Waals surface area contributed by atoms with Gasteiger partial charge in [-0.1, -0.05) is 12.1 Å². The number of alkyl halides is 2. The molecule has 0 aliphatic heterocycles. The minimum Gasteiger partial charge on any atom is -0.435 e. The first-order chi connectivity index (χ1) is 12.8. The van der Waals surface area contributed by atoms with Crippen molar-refractivity contribution in [1.29, 1.82) is 0 Å². The van der Waals surface area contributed by atoms with Crippen molar-refractivity contribution in [3.63, 3.8) is 0 Å². The topological polar surface area (TPSA) is 99.3 Å². The predicted molar refractivity (Wildman–Crippen MR) is 92.9 cm³/mol. The van der Waals surface area contributed by atoms with Crippen LogP contribution in [-0.4, -0.2) is 27.2 Å². The van der Waals surface area contributed by atoms with Crippen molar-refractivity contribution in [3.8, 4) is 5.75 Å². The van der Waals surface area contributed by atoms with Crippen molar-refractivity contribution in [2.24, 2.45) is 0 Å². The smallest absolute Gasteiger partial charge is 0.387 e. The minimum absolute atomic E-state index is 0.0358. The van der Waals surface area contributed by atoms with Gasteiger partial charge in [-0.15, -0.1) is 0 Å². The van der Waals surface area contributed by atoms with Gasteiger partial charge in [0.15, 0.2) is 5.82 Å². The molecule has 140 valence electrons. The molecule has 0 atom stereocenters. The number of ether oxygens (including phenoxy) is 1. The van der Waals surface area contributed by atoms with Crippen molar-refractivity contribution in [3.05, 3.63) is 58.1 Å². The maximum absolute atomic E-state index is 12.2. The van der Waals surface area contributed by atoms with Gasteiger partial charge in [0.05, 0.1) is 22.4 Å². The van der Waals surface area contributed by atoms with Crippen LogP contribution < -0.4 is 10.1 Å². The minimum atomic E-state index is -2.90. The largest absolute Gasteiger partial charge is 0.435 e. The summed E-state index contributed by atoms with van der Waals surface area (Å²) in [7, 11) is 0. The van der Waals surface area contributed by atoms with E-state index in [-0.39, 0.29) is 29.7 Å². The van der Waals surface area contributed by atoms with Crippen LogP contribution in [0.2, 0.25) is 0 Å². The molecule has 0 saturated heterocycles. The summed E-state index contributed by atoms with van der Waals surface area (Å²) in [5.74, 6) is -0.117. The molecule has 0 saturated carbocycles. The molecule has 0 spiro atoms. The van der Waals surface area contributed by atoms with E-state index in [2.05, 4.69) is 15.2 Å². The van der Waals surface area contributed by atoms with E-state index >= 15 is 0 Å². The van der Waals surface area contributed by atoms with Crippen LogP contribution in [0.15, 0.2) is 42.5 Å². The van der Waals surface area contributed by atoms with Gasteiger partial charge in [0.1, 0.15) is 5.75 Å². The predicted octanol–water partition coefficient (Wildman–Crippen LogP) is 3.55. The summed E-state index contributed by atoms with van der Waals surface area (Å²) >= 11 is 0. The summed E-state index contributed by atoms with van der Waals surface area (Å²) in [4.78, 5) is 21.9. The van der Waals surface area contributed by atoms with Gasteiger partial charge in [-0.05, 0) is 23.8 Å². The fraction of sp³-hybridized carbons (Fsp3) is 0.176. The maximum atomic E-state index is 12.2. The number of carbonyl (C=O) groups excluding carboxylic acids is 1. The Balaban J connectivity index is 1.96. The van der Waals surface area contributed by atoms with E-state index < -0.39 is 11.5 Å². The Kier molecular flexibility index (Phi) is 4.97. The number of nitrogens with zero attached hydrogens (tertiary/aromatic N) is 3. The second-order valence-corrected chi connectivity index (χ2v) is 5.67. The van der Waals surface area contributed by atoms with Gasteiger partial charge in [0, 0.05) is 19.1 Å². The summed E-state index contributed by atoms with van der Waals surface area (Å²) < 4.78 is 30.3. The number of fused-ring (bicyclic) bond motifs is 1. The molecule has 8 nitrogen and oxygen atoms in total. The van der Waals surface area contributed by atoms with Crippen molar-refractivity contribution >= 4 is 28.3 Å². The van der Waals surface area contributed by atoms with Crippen LogP contribution in [0.4, 0.5) is 20.3 Å². The summed E-state index contributed by atoms with van der Waals surface area (Å²) in [5.41, 5.74) is 1.20. The van der Waals surface area contributed by atoms with Gasteiger partial charge in [0.25, 0.3) is 5.69 Å². The lowest BCUT2D eigenvalue weighted by atomic mass is 10.2. The van der Waals surface area contributed by atoms with Crippen molar-refractivity contribution < 1.29 is 23.2 Å². The fourth-order valence-electron chi connectivity index (χ4n) is 2.61. The normalized spacial score (nSPS) is 11.0. The average Bonchev–Trinajstić information content (AvgIpc) is 2.92. The van der Waals surface area contributed by atoms with E-state index in [9.17, 15) is 23.7 Å². The highest BCUT2D eigenvalue weighted by molar-refractivity contribution is 5.99. The molecule has 1 amide bonds. The summed E-state index contributed by atoms with van der Waals surface area (Å²) in [5, 5.41) is 18.3. The molecule has 27 heavy (non-hydrogen) atoms. The third-order valence-electron chi connectivity index (χ3n) is 3.72. The summed E-state index contributed by atoms with van der Waals surface area (Å²) in [6.45, 7) is -1.32. The van der Waals surface area contributed by atoms with Gasteiger partial charge in [-0.2, -0.15) is 13.9 Å². The molecule has 1 aromatic heterocycles. The number of aromatic nitrogens is 2. The van der Waals surface area contributed by atoms with Crippen LogP contribution in [0.1, 0.15) is 12.5 Å². The zero-order valence-electron chi connectivity index (χ0n) is 14.1. The third-order valence-corrected chi connectivity index (χ3v) is 3.72. The number of rotatable bonds is 6.